The van der Waals surface area contributed by atoms with Crippen LogP contribution in [0.4, 0.5) is 0 Å². The molecule has 5 aromatic rings. The lowest BCUT2D eigenvalue weighted by Crippen LogP contribution is -2.38. The van der Waals surface area contributed by atoms with Gasteiger partial charge in [0.15, 0.2) is 0 Å². The number of aromatic nitrogens is 5. The quantitative estimate of drug-likeness (QED) is 0.351. The number of hydrogen-bond acceptors (Lipinski definition) is 4. The third-order valence-corrected chi connectivity index (χ3v) is 8.19. The Morgan fingerprint density at radius 3 is 2.79 bits per heavy atom. The molecule has 5 heterocycles. The van der Waals surface area contributed by atoms with Gasteiger partial charge in [-0.2, -0.15) is 5.10 Å². The Kier molecular flexibility index (Phi) is 4.38. The summed E-state index contributed by atoms with van der Waals surface area (Å²) < 4.78 is 4.24. The average molecular weight is 489 g/mol. The highest BCUT2D eigenvalue weighted by atomic mass is 35.5. The van der Waals surface area contributed by atoms with Crippen LogP contribution < -0.4 is 5.32 Å². The van der Waals surface area contributed by atoms with Crippen molar-refractivity contribution in [1.29, 1.82) is 0 Å². The summed E-state index contributed by atoms with van der Waals surface area (Å²) >= 11 is 13.0. The number of nitrogens with zero attached hydrogens (tertiary/aromatic N) is 5. The zero-order chi connectivity index (χ0) is 23.0. The SMILES string of the molecule is Cc1c(-c2c(Cl)cccc2Cl)nc2c3cc(-c4cnn(C56CNCCC5C6)c4)cnc3ccn12. The van der Waals surface area contributed by atoms with Gasteiger partial charge in [0.2, 0.25) is 0 Å². The normalized spacial score (nSPS) is 21.8. The first-order valence-electron chi connectivity index (χ1n) is 11.5. The first kappa shape index (κ1) is 20.4. The van der Waals surface area contributed by atoms with E-state index in [0.29, 0.717) is 10.0 Å². The zero-order valence-corrected chi connectivity index (χ0v) is 20.1. The molecule has 34 heavy (non-hydrogen) atoms. The third-order valence-electron chi connectivity index (χ3n) is 7.56. The number of rotatable bonds is 3. The highest BCUT2D eigenvalue weighted by Gasteiger charge is 2.57. The Morgan fingerprint density at radius 2 is 1.97 bits per heavy atom. The maximum atomic E-state index is 6.51. The molecule has 1 aliphatic carbocycles. The predicted octanol–water partition coefficient (Wildman–Crippen LogP) is 5.74. The first-order chi connectivity index (χ1) is 16.5. The van der Waals surface area contributed by atoms with Crippen LogP contribution in [0.1, 0.15) is 18.5 Å². The maximum absolute atomic E-state index is 6.51. The van der Waals surface area contributed by atoms with Crippen LogP contribution >= 0.6 is 23.2 Å². The van der Waals surface area contributed by atoms with Gasteiger partial charge in [-0.15, -0.1) is 0 Å². The molecule has 0 bridgehead atoms. The van der Waals surface area contributed by atoms with Crippen LogP contribution in [-0.2, 0) is 5.54 Å². The van der Waals surface area contributed by atoms with Crippen LogP contribution in [-0.4, -0.2) is 37.2 Å². The van der Waals surface area contributed by atoms with Gasteiger partial charge in [-0.25, -0.2) is 4.98 Å². The van der Waals surface area contributed by atoms with Gasteiger partial charge in [-0.3, -0.25) is 9.67 Å². The monoisotopic (exact) mass is 488 g/mol. The Hall–Kier alpha value is -2.93. The number of aryl methyl sites for hydroxylation is 1. The lowest BCUT2D eigenvalue weighted by molar-refractivity contribution is 0.324. The molecule has 1 saturated carbocycles. The van der Waals surface area contributed by atoms with Gasteiger partial charge in [0.25, 0.3) is 0 Å². The van der Waals surface area contributed by atoms with Crippen molar-refractivity contribution in [2.24, 2.45) is 5.92 Å². The fraction of sp³-hybridized carbons (Fsp3) is 0.269. The summed E-state index contributed by atoms with van der Waals surface area (Å²) in [7, 11) is 0. The lowest BCUT2D eigenvalue weighted by atomic mass is 10.1. The highest BCUT2D eigenvalue weighted by Crippen LogP contribution is 2.53. The molecular weight excluding hydrogens is 467 g/mol. The second-order valence-electron chi connectivity index (χ2n) is 9.45. The van der Waals surface area contributed by atoms with Crippen molar-refractivity contribution in [3.8, 4) is 22.4 Å². The molecule has 1 N–H and O–H groups in total. The van der Waals surface area contributed by atoms with Crippen LogP contribution in [0, 0.1) is 12.8 Å². The summed E-state index contributed by atoms with van der Waals surface area (Å²) in [5.41, 5.74) is 6.49. The van der Waals surface area contributed by atoms with E-state index in [9.17, 15) is 0 Å². The summed E-state index contributed by atoms with van der Waals surface area (Å²) in [6, 6.07) is 9.70. The Bertz CT molecular complexity index is 1580. The Morgan fingerprint density at radius 1 is 1.12 bits per heavy atom. The molecule has 1 aromatic carbocycles. The van der Waals surface area contributed by atoms with E-state index in [-0.39, 0.29) is 5.54 Å². The number of imidazole rings is 1. The van der Waals surface area contributed by atoms with E-state index in [1.165, 1.54) is 12.8 Å². The number of benzene rings is 1. The molecular formula is C26H22Cl2N6. The molecule has 1 saturated heterocycles. The van der Waals surface area contributed by atoms with E-state index in [0.717, 1.165) is 63.6 Å². The standard InChI is InChI=1S/C26H22Cl2N6/c1-15-24(23-20(27)3-2-4-21(23)28)32-25-19-9-16(11-30-22(19)6-8-33(15)25)17-12-31-34(13-17)26-10-18(26)5-7-29-14-26/h2-4,6,8-9,11-13,18,29H,5,7,10,14H2,1H3. The maximum Gasteiger partial charge on any atom is 0.147 e. The highest BCUT2D eigenvalue weighted by molar-refractivity contribution is 6.39. The summed E-state index contributed by atoms with van der Waals surface area (Å²) in [4.78, 5) is 9.74. The van der Waals surface area contributed by atoms with Gasteiger partial charge in [0, 0.05) is 52.9 Å². The van der Waals surface area contributed by atoms with E-state index < -0.39 is 0 Å². The molecule has 2 atom stereocenters. The summed E-state index contributed by atoms with van der Waals surface area (Å²) in [6.45, 7) is 4.14. The van der Waals surface area contributed by atoms with E-state index >= 15 is 0 Å². The molecule has 0 spiro atoms. The molecule has 2 fully saturated rings. The molecule has 6 nitrogen and oxygen atoms in total. The second kappa shape index (κ2) is 7.28. The van der Waals surface area contributed by atoms with Crippen molar-refractivity contribution in [2.45, 2.75) is 25.3 Å². The van der Waals surface area contributed by atoms with Gasteiger partial charge in [-0.05, 0) is 56.5 Å². The van der Waals surface area contributed by atoms with Crippen molar-refractivity contribution >= 4 is 39.8 Å². The van der Waals surface area contributed by atoms with Crippen molar-refractivity contribution in [2.75, 3.05) is 13.1 Å². The number of hydrogen-bond donors (Lipinski definition) is 1. The van der Waals surface area contributed by atoms with Gasteiger partial charge < -0.3 is 9.72 Å². The van der Waals surface area contributed by atoms with Crippen LogP contribution in [0.15, 0.2) is 55.1 Å². The molecule has 1 aliphatic heterocycles. The molecule has 2 aliphatic rings. The van der Waals surface area contributed by atoms with Crippen LogP contribution in [0.2, 0.25) is 10.0 Å². The topological polar surface area (TPSA) is 60.0 Å². The van der Waals surface area contributed by atoms with E-state index in [2.05, 4.69) is 26.7 Å². The summed E-state index contributed by atoms with van der Waals surface area (Å²) in [5, 5.41) is 10.4. The van der Waals surface area contributed by atoms with Crippen molar-refractivity contribution in [1.82, 2.24) is 29.5 Å². The molecule has 170 valence electrons. The van der Waals surface area contributed by atoms with Gasteiger partial charge in [-0.1, -0.05) is 29.3 Å². The fourth-order valence-corrected chi connectivity index (χ4v) is 6.13. The average Bonchev–Trinajstić information content (AvgIpc) is 3.21. The van der Waals surface area contributed by atoms with Crippen molar-refractivity contribution in [3.63, 3.8) is 0 Å². The van der Waals surface area contributed by atoms with E-state index in [1.807, 2.05) is 49.8 Å². The number of fused-ring (bicyclic) bond motifs is 4. The molecule has 0 amide bonds. The van der Waals surface area contributed by atoms with Crippen molar-refractivity contribution in [3.05, 3.63) is 70.9 Å². The smallest absolute Gasteiger partial charge is 0.147 e. The molecule has 7 rings (SSSR count). The predicted molar refractivity (Wildman–Crippen MR) is 135 cm³/mol. The van der Waals surface area contributed by atoms with Gasteiger partial charge in [0.1, 0.15) is 5.65 Å². The Labute approximate surface area is 206 Å². The third kappa shape index (κ3) is 2.89. The van der Waals surface area contributed by atoms with E-state index in [4.69, 9.17) is 38.3 Å². The van der Waals surface area contributed by atoms with Crippen LogP contribution in [0.3, 0.4) is 0 Å². The number of pyridine rings is 2. The Balaban J connectivity index is 1.36. The number of piperidine rings is 1. The second-order valence-corrected chi connectivity index (χ2v) is 10.3. The summed E-state index contributed by atoms with van der Waals surface area (Å²) in [5.74, 6) is 0.735. The van der Waals surface area contributed by atoms with Crippen LogP contribution in [0.5, 0.6) is 0 Å². The fourth-order valence-electron chi connectivity index (χ4n) is 5.55. The lowest BCUT2D eigenvalue weighted by Gasteiger charge is -2.23. The van der Waals surface area contributed by atoms with E-state index in [1.54, 1.807) is 0 Å². The van der Waals surface area contributed by atoms with Crippen LogP contribution in [0.25, 0.3) is 38.9 Å². The largest absolute Gasteiger partial charge is 0.314 e. The molecule has 0 radical (unpaired) electrons. The van der Waals surface area contributed by atoms with Crippen molar-refractivity contribution < 1.29 is 0 Å². The minimum Gasteiger partial charge on any atom is -0.314 e. The molecule has 4 aromatic heterocycles. The molecule has 8 heteroatoms. The molecule has 2 unspecified atom stereocenters. The minimum absolute atomic E-state index is 0.150. The number of nitrogens with one attached hydrogen (secondary N) is 1. The van der Waals surface area contributed by atoms with Gasteiger partial charge in [0.05, 0.1) is 33.0 Å². The van der Waals surface area contributed by atoms with Gasteiger partial charge >= 0.3 is 0 Å². The summed E-state index contributed by atoms with van der Waals surface area (Å²) in [6.07, 6.45) is 10.5. The first-order valence-corrected chi connectivity index (χ1v) is 12.3. The number of halogens is 2. The minimum atomic E-state index is 0.150. The zero-order valence-electron chi connectivity index (χ0n) is 18.6.